The number of rotatable bonds is 7. The standard InChI is InChI=1S/C21H26ClN3O2/c1-27-20-7-3-6-19(15-20)25-12-10-24(11-13-25)16-21(26)23-9-8-17-4-2-5-18(22)14-17/h2-7,14-15H,8-13,16H2,1H3,(H,23,26). The molecule has 1 saturated heterocycles. The van der Waals surface area contributed by atoms with E-state index in [-0.39, 0.29) is 5.91 Å². The Balaban J connectivity index is 1.39. The number of carbonyl (C=O) groups excluding carboxylic acids is 1. The van der Waals surface area contributed by atoms with E-state index in [1.165, 1.54) is 5.69 Å². The largest absolute Gasteiger partial charge is 0.497 e. The molecule has 1 amide bonds. The van der Waals surface area contributed by atoms with Gasteiger partial charge in [0.1, 0.15) is 5.75 Å². The first kappa shape index (κ1) is 19.5. The maximum Gasteiger partial charge on any atom is 0.234 e. The van der Waals surface area contributed by atoms with Gasteiger partial charge in [-0.15, -0.1) is 0 Å². The summed E-state index contributed by atoms with van der Waals surface area (Å²) in [6.45, 7) is 4.63. The minimum absolute atomic E-state index is 0.0758. The molecule has 0 aromatic heterocycles. The van der Waals surface area contributed by atoms with Crippen molar-refractivity contribution in [3.05, 3.63) is 59.1 Å². The van der Waals surface area contributed by atoms with Gasteiger partial charge in [-0.2, -0.15) is 0 Å². The third-order valence-corrected chi connectivity index (χ3v) is 5.02. The van der Waals surface area contributed by atoms with Crippen LogP contribution in [-0.2, 0) is 11.2 Å². The van der Waals surface area contributed by atoms with E-state index in [2.05, 4.69) is 27.2 Å². The number of nitrogens with one attached hydrogen (secondary N) is 1. The van der Waals surface area contributed by atoms with Crippen LogP contribution in [0.4, 0.5) is 5.69 Å². The van der Waals surface area contributed by atoms with Gasteiger partial charge in [0.05, 0.1) is 13.7 Å². The number of nitrogens with zero attached hydrogens (tertiary/aromatic N) is 2. The van der Waals surface area contributed by atoms with Crippen molar-refractivity contribution in [1.29, 1.82) is 0 Å². The number of piperazine rings is 1. The van der Waals surface area contributed by atoms with Gasteiger partial charge in [-0.25, -0.2) is 0 Å². The lowest BCUT2D eigenvalue weighted by atomic mass is 10.1. The van der Waals surface area contributed by atoms with Gasteiger partial charge < -0.3 is 15.0 Å². The molecule has 3 rings (SSSR count). The first-order valence-corrected chi connectivity index (χ1v) is 9.64. The Morgan fingerprint density at radius 2 is 1.89 bits per heavy atom. The highest BCUT2D eigenvalue weighted by Crippen LogP contribution is 2.22. The van der Waals surface area contributed by atoms with Crippen LogP contribution in [0.25, 0.3) is 0 Å². The summed E-state index contributed by atoms with van der Waals surface area (Å²) in [6.07, 6.45) is 0.788. The van der Waals surface area contributed by atoms with E-state index in [1.807, 2.05) is 36.4 Å². The predicted molar refractivity (Wildman–Crippen MR) is 110 cm³/mol. The molecule has 0 radical (unpaired) electrons. The Hall–Kier alpha value is -2.24. The zero-order valence-electron chi connectivity index (χ0n) is 15.7. The monoisotopic (exact) mass is 387 g/mol. The number of amides is 1. The zero-order valence-corrected chi connectivity index (χ0v) is 16.4. The summed E-state index contributed by atoms with van der Waals surface area (Å²) in [5, 5.41) is 3.73. The van der Waals surface area contributed by atoms with Gasteiger partial charge in [0.2, 0.25) is 5.91 Å². The lowest BCUT2D eigenvalue weighted by Gasteiger charge is -2.35. The minimum Gasteiger partial charge on any atom is -0.497 e. The molecule has 2 aromatic carbocycles. The van der Waals surface area contributed by atoms with Gasteiger partial charge in [0.15, 0.2) is 0 Å². The van der Waals surface area contributed by atoms with Crippen LogP contribution in [0.3, 0.4) is 0 Å². The summed E-state index contributed by atoms with van der Waals surface area (Å²) in [5.74, 6) is 0.945. The molecule has 27 heavy (non-hydrogen) atoms. The van der Waals surface area contributed by atoms with Crippen molar-refractivity contribution in [1.82, 2.24) is 10.2 Å². The summed E-state index contributed by atoms with van der Waals surface area (Å²) < 4.78 is 5.30. The highest BCUT2D eigenvalue weighted by molar-refractivity contribution is 6.30. The van der Waals surface area contributed by atoms with Crippen LogP contribution in [0.15, 0.2) is 48.5 Å². The van der Waals surface area contributed by atoms with Crippen LogP contribution in [0.1, 0.15) is 5.56 Å². The Morgan fingerprint density at radius 1 is 1.11 bits per heavy atom. The van der Waals surface area contributed by atoms with Gasteiger partial charge in [-0.1, -0.05) is 29.8 Å². The zero-order chi connectivity index (χ0) is 19.1. The maximum atomic E-state index is 12.2. The van der Waals surface area contributed by atoms with E-state index in [9.17, 15) is 4.79 Å². The molecule has 1 fully saturated rings. The molecule has 1 heterocycles. The molecule has 1 N–H and O–H groups in total. The van der Waals surface area contributed by atoms with Gasteiger partial charge >= 0.3 is 0 Å². The molecule has 1 aliphatic heterocycles. The van der Waals surface area contributed by atoms with E-state index in [4.69, 9.17) is 16.3 Å². The minimum atomic E-state index is 0.0758. The van der Waals surface area contributed by atoms with Gasteiger partial charge in [0.25, 0.3) is 0 Å². The Kier molecular flexibility index (Phi) is 6.96. The van der Waals surface area contributed by atoms with E-state index < -0.39 is 0 Å². The fourth-order valence-corrected chi connectivity index (χ4v) is 3.48. The number of carbonyl (C=O) groups is 1. The molecule has 0 unspecified atom stereocenters. The number of hydrogen-bond acceptors (Lipinski definition) is 4. The van der Waals surface area contributed by atoms with Crippen LogP contribution < -0.4 is 15.0 Å². The van der Waals surface area contributed by atoms with Crippen molar-refractivity contribution in [2.45, 2.75) is 6.42 Å². The summed E-state index contributed by atoms with van der Waals surface area (Å²) in [5.41, 5.74) is 2.30. The van der Waals surface area contributed by atoms with Crippen molar-refractivity contribution < 1.29 is 9.53 Å². The Labute approximate surface area is 165 Å². The third-order valence-electron chi connectivity index (χ3n) is 4.78. The molecule has 0 bridgehead atoms. The highest BCUT2D eigenvalue weighted by atomic mass is 35.5. The Bertz CT molecular complexity index is 761. The molecule has 144 valence electrons. The van der Waals surface area contributed by atoms with Crippen molar-refractivity contribution in [3.8, 4) is 5.75 Å². The van der Waals surface area contributed by atoms with Crippen molar-refractivity contribution in [2.24, 2.45) is 0 Å². The topological polar surface area (TPSA) is 44.8 Å². The third kappa shape index (κ3) is 5.88. The number of benzene rings is 2. The lowest BCUT2D eigenvalue weighted by molar-refractivity contribution is -0.122. The van der Waals surface area contributed by atoms with Crippen LogP contribution in [0, 0.1) is 0 Å². The normalized spacial score (nSPS) is 14.8. The van der Waals surface area contributed by atoms with E-state index >= 15 is 0 Å². The number of ether oxygens (including phenoxy) is 1. The smallest absolute Gasteiger partial charge is 0.234 e. The summed E-state index contributed by atoms with van der Waals surface area (Å²) in [7, 11) is 1.68. The van der Waals surface area contributed by atoms with Crippen molar-refractivity contribution in [3.63, 3.8) is 0 Å². The maximum absolute atomic E-state index is 12.2. The second kappa shape index (κ2) is 9.62. The summed E-state index contributed by atoms with van der Waals surface area (Å²) in [6, 6.07) is 15.9. The fourth-order valence-electron chi connectivity index (χ4n) is 3.27. The summed E-state index contributed by atoms with van der Waals surface area (Å²) >= 11 is 5.98. The number of anilines is 1. The van der Waals surface area contributed by atoms with Crippen LogP contribution in [0.2, 0.25) is 5.02 Å². The molecule has 6 heteroatoms. The number of halogens is 1. The van der Waals surface area contributed by atoms with Gasteiger partial charge in [-0.3, -0.25) is 9.69 Å². The lowest BCUT2D eigenvalue weighted by Crippen LogP contribution is -2.49. The number of hydrogen-bond donors (Lipinski definition) is 1. The molecular weight excluding hydrogens is 362 g/mol. The molecule has 0 aliphatic carbocycles. The molecule has 0 saturated carbocycles. The van der Waals surface area contributed by atoms with Gasteiger partial charge in [0, 0.05) is 49.5 Å². The SMILES string of the molecule is COc1cccc(N2CCN(CC(=O)NCCc3cccc(Cl)c3)CC2)c1. The van der Waals surface area contributed by atoms with E-state index in [0.29, 0.717) is 13.1 Å². The molecular formula is C21H26ClN3O2. The van der Waals surface area contributed by atoms with E-state index in [0.717, 1.165) is 48.9 Å². The quantitative estimate of drug-likeness (QED) is 0.793. The molecule has 0 atom stereocenters. The second-order valence-corrected chi connectivity index (χ2v) is 7.13. The average Bonchev–Trinajstić information content (AvgIpc) is 2.69. The highest BCUT2D eigenvalue weighted by Gasteiger charge is 2.19. The summed E-state index contributed by atoms with van der Waals surface area (Å²) in [4.78, 5) is 16.7. The van der Waals surface area contributed by atoms with E-state index in [1.54, 1.807) is 7.11 Å². The molecule has 2 aromatic rings. The fraction of sp³-hybridized carbons (Fsp3) is 0.381. The van der Waals surface area contributed by atoms with Crippen LogP contribution >= 0.6 is 11.6 Å². The van der Waals surface area contributed by atoms with Gasteiger partial charge in [-0.05, 0) is 36.2 Å². The van der Waals surface area contributed by atoms with Crippen LogP contribution in [-0.4, -0.2) is 57.2 Å². The Morgan fingerprint density at radius 3 is 2.63 bits per heavy atom. The molecule has 1 aliphatic rings. The first-order valence-electron chi connectivity index (χ1n) is 9.26. The van der Waals surface area contributed by atoms with Crippen LogP contribution in [0.5, 0.6) is 5.75 Å². The molecule has 0 spiro atoms. The predicted octanol–water partition coefficient (Wildman–Crippen LogP) is 2.83. The average molecular weight is 388 g/mol. The van der Waals surface area contributed by atoms with Crippen molar-refractivity contribution in [2.75, 3.05) is 51.3 Å². The number of methoxy groups -OCH3 is 1. The molecule has 5 nitrogen and oxygen atoms in total. The second-order valence-electron chi connectivity index (χ2n) is 6.69. The van der Waals surface area contributed by atoms with Crippen molar-refractivity contribution >= 4 is 23.2 Å². The first-order chi connectivity index (χ1) is 13.1.